The van der Waals surface area contributed by atoms with Crippen LogP contribution in [0.4, 0.5) is 0 Å². The van der Waals surface area contributed by atoms with Gasteiger partial charge in [0.25, 0.3) is 0 Å². The fourth-order valence-corrected chi connectivity index (χ4v) is 7.35. The number of esters is 1. The van der Waals surface area contributed by atoms with E-state index in [0.717, 1.165) is 19.3 Å². The highest BCUT2D eigenvalue weighted by Crippen LogP contribution is 2.53. The quantitative estimate of drug-likeness (QED) is 0.479. The van der Waals surface area contributed by atoms with Crippen molar-refractivity contribution in [3.8, 4) is 0 Å². The van der Waals surface area contributed by atoms with E-state index in [2.05, 4.69) is 20.8 Å². The summed E-state index contributed by atoms with van der Waals surface area (Å²) in [5.41, 5.74) is 0.626. The lowest BCUT2D eigenvalue weighted by molar-refractivity contribution is 0.0474. The normalized spacial score (nSPS) is 24.8. The second-order valence-corrected chi connectivity index (χ2v) is 12.0. The first-order valence-electron chi connectivity index (χ1n) is 10.9. The molecule has 170 valence electrons. The number of ether oxygens (including phenoxy) is 1. The van der Waals surface area contributed by atoms with E-state index >= 15 is 0 Å². The van der Waals surface area contributed by atoms with Gasteiger partial charge in [-0.3, -0.25) is 4.79 Å². The fourth-order valence-electron chi connectivity index (χ4n) is 5.53. The van der Waals surface area contributed by atoms with E-state index in [1.165, 1.54) is 24.3 Å². The van der Waals surface area contributed by atoms with Crippen molar-refractivity contribution in [1.29, 1.82) is 0 Å². The maximum Gasteiger partial charge on any atom is 0.338 e. The number of hydrogen-bond acceptors (Lipinski definition) is 5. The summed E-state index contributed by atoms with van der Waals surface area (Å²) in [4.78, 5) is 24.8. The lowest BCUT2D eigenvalue weighted by Crippen LogP contribution is -2.37. The Morgan fingerprint density at radius 2 is 1.69 bits per heavy atom. The number of hydrogen-bond donors (Lipinski definition) is 0. The molecule has 7 heteroatoms. The van der Waals surface area contributed by atoms with E-state index in [0.29, 0.717) is 12.1 Å². The summed E-state index contributed by atoms with van der Waals surface area (Å²) in [6.07, 6.45) is 2.68. The molecule has 0 amide bonds. The second-order valence-electron chi connectivity index (χ2n) is 10.2. The maximum atomic E-state index is 13.5. The summed E-state index contributed by atoms with van der Waals surface area (Å²) < 4.78 is 33.7. The molecule has 1 saturated heterocycles. The minimum absolute atomic E-state index is 0.0339. The number of nitrogens with zero attached hydrogens (tertiary/aromatic N) is 1. The molecule has 2 unspecified atom stereocenters. The standard InChI is InChI=1S/C25H29NO5S/c1-24(2)13-20-14-25(3,16-24)17-26(20)32(29,30)21-11-7-10-19(12-21)23(28)31-15-22(27)18-8-5-4-6-9-18/h4-12,20H,13-17H2,1-3H3. The van der Waals surface area contributed by atoms with E-state index < -0.39 is 22.6 Å². The molecule has 32 heavy (non-hydrogen) atoms. The average molecular weight is 456 g/mol. The van der Waals surface area contributed by atoms with Gasteiger partial charge in [0, 0.05) is 18.2 Å². The van der Waals surface area contributed by atoms with Gasteiger partial charge in [-0.2, -0.15) is 4.31 Å². The van der Waals surface area contributed by atoms with Crippen LogP contribution in [0.5, 0.6) is 0 Å². The Labute approximate surface area is 189 Å². The van der Waals surface area contributed by atoms with Crippen LogP contribution in [0.2, 0.25) is 0 Å². The maximum absolute atomic E-state index is 13.5. The van der Waals surface area contributed by atoms with Crippen molar-refractivity contribution in [3.05, 3.63) is 65.7 Å². The number of sulfonamides is 1. The molecule has 1 saturated carbocycles. The molecule has 1 aliphatic heterocycles. The Morgan fingerprint density at radius 3 is 2.41 bits per heavy atom. The van der Waals surface area contributed by atoms with Gasteiger partial charge in [-0.05, 0) is 48.3 Å². The fraction of sp³-hybridized carbons (Fsp3) is 0.440. The van der Waals surface area contributed by atoms with Gasteiger partial charge in [0.2, 0.25) is 10.0 Å². The Hall–Kier alpha value is -2.51. The van der Waals surface area contributed by atoms with Crippen molar-refractivity contribution in [2.45, 2.75) is 51.0 Å². The molecule has 2 aromatic carbocycles. The first-order chi connectivity index (χ1) is 15.0. The molecule has 0 aromatic heterocycles. The molecule has 2 bridgehead atoms. The van der Waals surface area contributed by atoms with Gasteiger partial charge in [0.05, 0.1) is 10.5 Å². The second kappa shape index (κ2) is 8.12. The van der Waals surface area contributed by atoms with Crippen LogP contribution in [0.3, 0.4) is 0 Å². The molecule has 0 radical (unpaired) electrons. The molecule has 2 aromatic rings. The highest BCUT2D eigenvalue weighted by atomic mass is 32.2. The lowest BCUT2D eigenvalue weighted by atomic mass is 9.65. The van der Waals surface area contributed by atoms with E-state index in [-0.39, 0.29) is 33.1 Å². The number of carbonyl (C=O) groups excluding carboxylic acids is 2. The Bertz CT molecular complexity index is 1140. The molecule has 2 fully saturated rings. The van der Waals surface area contributed by atoms with E-state index in [4.69, 9.17) is 4.74 Å². The predicted molar refractivity (Wildman–Crippen MR) is 121 cm³/mol. The highest BCUT2D eigenvalue weighted by Gasteiger charge is 2.53. The first kappa shape index (κ1) is 22.7. The van der Waals surface area contributed by atoms with E-state index in [1.807, 2.05) is 0 Å². The van der Waals surface area contributed by atoms with E-state index in [9.17, 15) is 18.0 Å². The topological polar surface area (TPSA) is 80.8 Å². The van der Waals surface area contributed by atoms with Crippen LogP contribution in [-0.2, 0) is 14.8 Å². The molecule has 1 heterocycles. The Kier molecular flexibility index (Phi) is 5.75. The Balaban J connectivity index is 1.50. The predicted octanol–water partition coefficient (Wildman–Crippen LogP) is 4.32. The van der Waals surface area contributed by atoms with Gasteiger partial charge in [0.1, 0.15) is 0 Å². The molecule has 6 nitrogen and oxygen atoms in total. The number of Topliss-reactive ketones (excluding diaryl/α,β-unsaturated/α-hetero) is 1. The summed E-state index contributed by atoms with van der Waals surface area (Å²) in [6, 6.07) is 14.4. The van der Waals surface area contributed by atoms with Crippen LogP contribution in [0.1, 0.15) is 60.7 Å². The average Bonchev–Trinajstić information content (AvgIpc) is 3.01. The van der Waals surface area contributed by atoms with Gasteiger partial charge in [0.15, 0.2) is 12.4 Å². The van der Waals surface area contributed by atoms with Crippen molar-refractivity contribution in [2.24, 2.45) is 10.8 Å². The highest BCUT2D eigenvalue weighted by molar-refractivity contribution is 7.89. The summed E-state index contributed by atoms with van der Waals surface area (Å²) in [5, 5.41) is 0. The molecule has 4 rings (SSSR count). The molecule has 2 aliphatic rings. The third kappa shape index (κ3) is 4.50. The van der Waals surface area contributed by atoms with Crippen LogP contribution >= 0.6 is 0 Å². The molecule has 1 aliphatic carbocycles. The minimum atomic E-state index is -3.75. The first-order valence-corrected chi connectivity index (χ1v) is 12.3. The zero-order valence-electron chi connectivity index (χ0n) is 18.7. The number of fused-ring (bicyclic) bond motifs is 2. The van der Waals surface area contributed by atoms with Crippen LogP contribution < -0.4 is 0 Å². The van der Waals surface area contributed by atoms with Crippen LogP contribution in [0, 0.1) is 10.8 Å². The van der Waals surface area contributed by atoms with Crippen LogP contribution in [-0.4, -0.2) is 43.7 Å². The monoisotopic (exact) mass is 455 g/mol. The molecule has 0 N–H and O–H groups in total. The molecular weight excluding hydrogens is 426 g/mol. The smallest absolute Gasteiger partial charge is 0.338 e. The van der Waals surface area contributed by atoms with Crippen LogP contribution in [0.25, 0.3) is 0 Å². The third-order valence-electron chi connectivity index (χ3n) is 6.47. The number of carbonyl (C=O) groups is 2. The van der Waals surface area contributed by atoms with Crippen molar-refractivity contribution < 1.29 is 22.7 Å². The zero-order valence-corrected chi connectivity index (χ0v) is 19.5. The summed E-state index contributed by atoms with van der Waals surface area (Å²) in [6.45, 7) is 6.64. The van der Waals surface area contributed by atoms with Gasteiger partial charge in [-0.15, -0.1) is 0 Å². The third-order valence-corrected chi connectivity index (χ3v) is 8.37. The van der Waals surface area contributed by atoms with Crippen molar-refractivity contribution in [2.75, 3.05) is 13.2 Å². The lowest BCUT2D eigenvalue weighted by Gasteiger charge is -2.39. The molecular formula is C25H29NO5S. The number of ketones is 1. The SMILES string of the molecule is CC1(C)CC2CC(C)(CN2S(=O)(=O)c2cccc(C(=O)OCC(=O)c3ccccc3)c2)C1. The Morgan fingerprint density at radius 1 is 1.00 bits per heavy atom. The summed E-state index contributed by atoms with van der Waals surface area (Å²) in [5.74, 6) is -1.04. The van der Waals surface area contributed by atoms with Crippen molar-refractivity contribution in [1.82, 2.24) is 4.31 Å². The largest absolute Gasteiger partial charge is 0.454 e. The summed E-state index contributed by atoms with van der Waals surface area (Å²) >= 11 is 0. The van der Waals surface area contributed by atoms with Crippen molar-refractivity contribution in [3.63, 3.8) is 0 Å². The van der Waals surface area contributed by atoms with E-state index in [1.54, 1.807) is 34.6 Å². The zero-order chi connectivity index (χ0) is 23.1. The minimum Gasteiger partial charge on any atom is -0.454 e. The molecule has 2 atom stereocenters. The summed E-state index contributed by atoms with van der Waals surface area (Å²) in [7, 11) is -3.75. The van der Waals surface area contributed by atoms with Gasteiger partial charge >= 0.3 is 5.97 Å². The van der Waals surface area contributed by atoms with Crippen molar-refractivity contribution >= 4 is 21.8 Å². The number of benzene rings is 2. The molecule has 0 spiro atoms. The van der Waals surface area contributed by atoms with Gasteiger partial charge in [-0.1, -0.05) is 57.2 Å². The van der Waals surface area contributed by atoms with Gasteiger partial charge < -0.3 is 4.74 Å². The van der Waals surface area contributed by atoms with Crippen LogP contribution in [0.15, 0.2) is 59.5 Å². The number of rotatable bonds is 6. The van der Waals surface area contributed by atoms with Gasteiger partial charge in [-0.25, -0.2) is 13.2 Å².